The standard InChI is InChI=1S/C27H26N2O7/c1-4-35-25(31)23-24(28)36-21-13-15(14-9-10-19(33-2)20(12-14)34-3)11-18(30)22(21)27(23)16-7-5-6-8-17(16)29-26(27)32/h5-10,12,15H,4,11,13,28H2,1-3H3,(H,29,32). The second-order valence-corrected chi connectivity index (χ2v) is 8.75. The van der Waals surface area contributed by atoms with Crippen LogP contribution in [-0.4, -0.2) is 38.5 Å². The van der Waals surface area contributed by atoms with Gasteiger partial charge in [-0.25, -0.2) is 4.79 Å². The van der Waals surface area contributed by atoms with Gasteiger partial charge >= 0.3 is 5.97 Å². The van der Waals surface area contributed by atoms with Crippen molar-refractivity contribution in [1.82, 2.24) is 0 Å². The smallest absolute Gasteiger partial charge is 0.341 e. The number of rotatable bonds is 5. The molecule has 2 aromatic rings. The third kappa shape index (κ3) is 3.26. The van der Waals surface area contributed by atoms with Crippen LogP contribution in [0, 0.1) is 0 Å². The molecule has 9 heteroatoms. The van der Waals surface area contributed by atoms with Gasteiger partial charge in [0.25, 0.3) is 0 Å². The average Bonchev–Trinajstić information content (AvgIpc) is 3.14. The molecular formula is C27H26N2O7. The van der Waals surface area contributed by atoms with Crippen LogP contribution >= 0.6 is 0 Å². The molecular weight excluding hydrogens is 464 g/mol. The number of nitrogens with two attached hydrogens (primary N) is 1. The van der Waals surface area contributed by atoms with E-state index in [1.54, 1.807) is 51.5 Å². The first kappa shape index (κ1) is 23.5. The fraction of sp³-hybridized carbons (Fsp3) is 0.296. The molecule has 3 aliphatic rings. The highest BCUT2D eigenvalue weighted by molar-refractivity contribution is 6.22. The van der Waals surface area contributed by atoms with Crippen molar-refractivity contribution < 1.29 is 33.3 Å². The van der Waals surface area contributed by atoms with Crippen LogP contribution in [0.4, 0.5) is 5.69 Å². The Labute approximate surface area is 207 Å². The average molecular weight is 491 g/mol. The monoisotopic (exact) mass is 490 g/mol. The van der Waals surface area contributed by atoms with Gasteiger partial charge in [-0.05, 0) is 36.6 Å². The maximum absolute atomic E-state index is 13.8. The molecule has 9 nitrogen and oxygen atoms in total. The first-order chi connectivity index (χ1) is 17.4. The molecule has 2 unspecified atom stereocenters. The maximum atomic E-state index is 13.8. The molecule has 0 fully saturated rings. The number of anilines is 1. The highest BCUT2D eigenvalue weighted by Gasteiger charge is 2.62. The zero-order chi connectivity index (χ0) is 25.6. The summed E-state index contributed by atoms with van der Waals surface area (Å²) < 4.78 is 21.9. The molecule has 0 bridgehead atoms. The summed E-state index contributed by atoms with van der Waals surface area (Å²) in [5.74, 6) is -0.783. The second-order valence-electron chi connectivity index (χ2n) is 8.75. The Kier molecular flexibility index (Phi) is 5.70. The van der Waals surface area contributed by atoms with Gasteiger partial charge in [-0.3, -0.25) is 9.59 Å². The van der Waals surface area contributed by atoms with Gasteiger partial charge in [-0.1, -0.05) is 24.3 Å². The fourth-order valence-electron chi connectivity index (χ4n) is 5.44. The Balaban J connectivity index is 1.67. The topological polar surface area (TPSA) is 126 Å². The number of benzene rings is 2. The van der Waals surface area contributed by atoms with Crippen LogP contribution in [0.25, 0.3) is 0 Å². The van der Waals surface area contributed by atoms with E-state index >= 15 is 0 Å². The fourth-order valence-corrected chi connectivity index (χ4v) is 5.44. The molecule has 2 atom stereocenters. The van der Waals surface area contributed by atoms with E-state index in [2.05, 4.69) is 5.32 Å². The summed E-state index contributed by atoms with van der Waals surface area (Å²) in [5, 5.41) is 2.82. The number of para-hydroxylation sites is 1. The molecule has 2 aliphatic heterocycles. The summed E-state index contributed by atoms with van der Waals surface area (Å²) >= 11 is 0. The first-order valence-corrected chi connectivity index (χ1v) is 11.6. The largest absolute Gasteiger partial charge is 0.493 e. The summed E-state index contributed by atoms with van der Waals surface area (Å²) in [5.41, 5.74) is 6.31. The van der Waals surface area contributed by atoms with Crippen LogP contribution in [0.3, 0.4) is 0 Å². The second kappa shape index (κ2) is 8.75. The number of hydrogen-bond donors (Lipinski definition) is 2. The van der Waals surface area contributed by atoms with Crippen molar-refractivity contribution in [1.29, 1.82) is 0 Å². The Morgan fingerprint density at radius 1 is 1.11 bits per heavy atom. The Morgan fingerprint density at radius 2 is 1.86 bits per heavy atom. The number of ether oxygens (including phenoxy) is 4. The number of ketones is 1. The van der Waals surface area contributed by atoms with E-state index in [0.29, 0.717) is 29.2 Å². The predicted octanol–water partition coefficient (Wildman–Crippen LogP) is 3.06. The Morgan fingerprint density at radius 3 is 2.58 bits per heavy atom. The molecule has 5 rings (SSSR count). The summed E-state index contributed by atoms with van der Waals surface area (Å²) in [7, 11) is 3.09. The summed E-state index contributed by atoms with van der Waals surface area (Å²) in [4.78, 5) is 40.7. The molecule has 0 aromatic heterocycles. The normalized spacial score (nSPS) is 22.6. The highest BCUT2D eigenvalue weighted by atomic mass is 16.5. The van der Waals surface area contributed by atoms with Crippen LogP contribution in [0.1, 0.15) is 36.8 Å². The van der Waals surface area contributed by atoms with Gasteiger partial charge in [-0.15, -0.1) is 0 Å². The summed E-state index contributed by atoms with van der Waals surface area (Å²) in [6, 6.07) is 12.4. The number of carbonyl (C=O) groups excluding carboxylic acids is 3. The number of Topliss-reactive ketones (excluding diaryl/α,β-unsaturated/α-hetero) is 1. The van der Waals surface area contributed by atoms with E-state index < -0.39 is 17.3 Å². The van der Waals surface area contributed by atoms with Crippen molar-refractivity contribution in [3.05, 3.63) is 76.4 Å². The molecule has 2 heterocycles. The van der Waals surface area contributed by atoms with E-state index in [9.17, 15) is 14.4 Å². The maximum Gasteiger partial charge on any atom is 0.341 e. The van der Waals surface area contributed by atoms with Crippen LogP contribution in [0.5, 0.6) is 11.5 Å². The minimum Gasteiger partial charge on any atom is -0.493 e. The minimum absolute atomic E-state index is 0.0657. The number of nitrogens with one attached hydrogen (secondary N) is 1. The minimum atomic E-state index is -1.75. The highest BCUT2D eigenvalue weighted by Crippen LogP contribution is 2.55. The van der Waals surface area contributed by atoms with Gasteiger partial charge in [0.2, 0.25) is 11.8 Å². The Bertz CT molecular complexity index is 1360. The van der Waals surface area contributed by atoms with Crippen molar-refractivity contribution in [3.8, 4) is 11.5 Å². The van der Waals surface area contributed by atoms with Crippen LogP contribution in [-0.2, 0) is 29.3 Å². The molecule has 186 valence electrons. The lowest BCUT2D eigenvalue weighted by Gasteiger charge is -2.40. The first-order valence-electron chi connectivity index (χ1n) is 11.6. The molecule has 0 saturated carbocycles. The van der Waals surface area contributed by atoms with E-state index in [4.69, 9.17) is 24.7 Å². The predicted molar refractivity (Wildman–Crippen MR) is 129 cm³/mol. The third-order valence-corrected chi connectivity index (χ3v) is 6.93. The van der Waals surface area contributed by atoms with Gasteiger partial charge < -0.3 is 30.0 Å². The molecule has 1 aliphatic carbocycles. The molecule has 0 radical (unpaired) electrons. The third-order valence-electron chi connectivity index (χ3n) is 6.93. The summed E-state index contributed by atoms with van der Waals surface area (Å²) in [6.07, 6.45) is 0.398. The molecule has 1 amide bonds. The van der Waals surface area contributed by atoms with E-state index in [-0.39, 0.29) is 47.5 Å². The molecule has 1 spiro atoms. The zero-order valence-electron chi connectivity index (χ0n) is 20.2. The van der Waals surface area contributed by atoms with Gasteiger partial charge in [0.05, 0.1) is 26.4 Å². The van der Waals surface area contributed by atoms with Crippen molar-refractivity contribution >= 4 is 23.3 Å². The lowest BCUT2D eigenvalue weighted by atomic mass is 9.63. The van der Waals surface area contributed by atoms with E-state index in [1.165, 1.54) is 0 Å². The zero-order valence-corrected chi connectivity index (χ0v) is 20.2. The van der Waals surface area contributed by atoms with Gasteiger partial charge in [0.15, 0.2) is 17.3 Å². The number of amides is 1. The number of esters is 1. The van der Waals surface area contributed by atoms with Crippen molar-refractivity contribution in [3.63, 3.8) is 0 Å². The SMILES string of the molecule is CCOC(=O)C1=C(N)OC2=C(C(=O)CC(c3ccc(OC)c(OC)c3)C2)C12C(=O)Nc1ccccc12. The van der Waals surface area contributed by atoms with E-state index in [0.717, 1.165) is 5.56 Å². The van der Waals surface area contributed by atoms with Crippen LogP contribution in [0.2, 0.25) is 0 Å². The lowest BCUT2D eigenvalue weighted by molar-refractivity contribution is -0.141. The van der Waals surface area contributed by atoms with Gasteiger partial charge in [0.1, 0.15) is 16.7 Å². The number of carbonyl (C=O) groups is 3. The van der Waals surface area contributed by atoms with Gasteiger partial charge in [0, 0.05) is 24.1 Å². The summed E-state index contributed by atoms with van der Waals surface area (Å²) in [6.45, 7) is 1.72. The van der Waals surface area contributed by atoms with Crippen LogP contribution < -0.4 is 20.5 Å². The molecule has 0 saturated heterocycles. The lowest BCUT2D eigenvalue weighted by Crippen LogP contribution is -2.49. The number of fused-ring (bicyclic) bond motifs is 3. The Hall–Kier alpha value is -4.27. The molecule has 36 heavy (non-hydrogen) atoms. The van der Waals surface area contributed by atoms with Crippen molar-refractivity contribution in [2.75, 3.05) is 26.1 Å². The number of hydrogen-bond acceptors (Lipinski definition) is 8. The number of methoxy groups -OCH3 is 2. The number of allylic oxidation sites excluding steroid dienone is 1. The molecule has 2 aromatic carbocycles. The van der Waals surface area contributed by atoms with E-state index in [1.807, 2.05) is 12.1 Å². The van der Waals surface area contributed by atoms with Gasteiger partial charge in [-0.2, -0.15) is 0 Å². The van der Waals surface area contributed by atoms with Crippen molar-refractivity contribution in [2.24, 2.45) is 5.73 Å². The van der Waals surface area contributed by atoms with Crippen molar-refractivity contribution in [2.45, 2.75) is 31.1 Å². The molecule has 3 N–H and O–H groups in total. The van der Waals surface area contributed by atoms with Crippen LogP contribution in [0.15, 0.2) is 65.3 Å². The quantitative estimate of drug-likeness (QED) is 0.613.